The zero-order chi connectivity index (χ0) is 16.4. The van der Waals surface area contributed by atoms with Gasteiger partial charge < -0.3 is 9.64 Å². The summed E-state index contributed by atoms with van der Waals surface area (Å²) in [5.74, 6) is 0.823. The summed E-state index contributed by atoms with van der Waals surface area (Å²) < 4.78 is 7.60. The van der Waals surface area contributed by atoms with Gasteiger partial charge in [-0.2, -0.15) is 14.9 Å². The average Bonchev–Trinajstić information content (AvgIpc) is 3.12. The van der Waals surface area contributed by atoms with E-state index >= 15 is 0 Å². The van der Waals surface area contributed by atoms with Crippen LogP contribution in [0.2, 0.25) is 0 Å². The molecule has 0 aromatic carbocycles. The van der Waals surface area contributed by atoms with Gasteiger partial charge in [-0.25, -0.2) is 0 Å². The molecule has 6 nitrogen and oxygen atoms in total. The molecular weight excluding hydrogens is 330 g/mol. The van der Waals surface area contributed by atoms with Gasteiger partial charge in [0.05, 0.1) is 24.4 Å². The van der Waals surface area contributed by atoms with E-state index in [1.54, 1.807) is 16.0 Å². The van der Waals surface area contributed by atoms with Gasteiger partial charge in [0.25, 0.3) is 0 Å². The third-order valence-electron chi connectivity index (χ3n) is 3.56. The van der Waals surface area contributed by atoms with Gasteiger partial charge in [-0.15, -0.1) is 11.3 Å². The molecule has 0 spiro atoms. The Labute approximate surface area is 144 Å². The Morgan fingerprint density at radius 1 is 1.35 bits per heavy atom. The summed E-state index contributed by atoms with van der Waals surface area (Å²) in [5.41, 5.74) is -0.126. The van der Waals surface area contributed by atoms with Crippen LogP contribution >= 0.6 is 23.6 Å². The Morgan fingerprint density at radius 2 is 2.09 bits per heavy atom. The number of rotatable bonds is 3. The first-order valence-corrected chi connectivity index (χ1v) is 8.82. The molecule has 3 heterocycles. The number of nitrogens with one attached hydrogen (secondary N) is 1. The number of morpholine rings is 1. The Morgan fingerprint density at radius 3 is 2.78 bits per heavy atom. The van der Waals surface area contributed by atoms with Crippen LogP contribution in [0.4, 0.5) is 5.00 Å². The smallest absolute Gasteiger partial charge is 0.216 e. The first kappa shape index (κ1) is 16.4. The van der Waals surface area contributed by atoms with E-state index in [0.717, 1.165) is 37.0 Å². The lowest BCUT2D eigenvalue weighted by Crippen LogP contribution is -2.35. The van der Waals surface area contributed by atoms with Crippen LogP contribution in [0.3, 0.4) is 0 Å². The van der Waals surface area contributed by atoms with Crippen molar-refractivity contribution in [2.45, 2.75) is 26.2 Å². The zero-order valence-corrected chi connectivity index (χ0v) is 15.2. The number of H-pyrrole nitrogens is 1. The number of ether oxygens (including phenoxy) is 1. The van der Waals surface area contributed by atoms with Gasteiger partial charge in [0, 0.05) is 23.4 Å². The molecule has 3 rings (SSSR count). The monoisotopic (exact) mass is 351 g/mol. The molecule has 1 saturated heterocycles. The number of thiophene rings is 1. The lowest BCUT2D eigenvalue weighted by molar-refractivity contribution is 0.123. The van der Waals surface area contributed by atoms with E-state index in [4.69, 9.17) is 17.0 Å². The van der Waals surface area contributed by atoms with Gasteiger partial charge in [0.1, 0.15) is 0 Å². The molecule has 2 aromatic rings. The fourth-order valence-corrected chi connectivity index (χ4v) is 3.47. The molecule has 1 fully saturated rings. The molecule has 1 N–H and O–H groups in total. The molecule has 0 bridgehead atoms. The van der Waals surface area contributed by atoms with Gasteiger partial charge in [-0.3, -0.25) is 5.10 Å². The molecule has 0 saturated carbocycles. The highest BCUT2D eigenvalue weighted by Gasteiger charge is 2.21. The maximum absolute atomic E-state index is 5.39. The van der Waals surface area contributed by atoms with Crippen LogP contribution < -0.4 is 4.90 Å². The Kier molecular flexibility index (Phi) is 4.65. The van der Waals surface area contributed by atoms with Gasteiger partial charge in [0.2, 0.25) is 4.77 Å². The normalized spacial score (nSPS) is 16.4. The van der Waals surface area contributed by atoms with Crippen molar-refractivity contribution < 1.29 is 4.74 Å². The zero-order valence-electron chi connectivity index (χ0n) is 13.6. The quantitative estimate of drug-likeness (QED) is 0.682. The summed E-state index contributed by atoms with van der Waals surface area (Å²) in [6.07, 6.45) is 1.84. The van der Waals surface area contributed by atoms with E-state index in [2.05, 4.69) is 53.1 Å². The van der Waals surface area contributed by atoms with Crippen molar-refractivity contribution in [3.05, 3.63) is 27.6 Å². The minimum atomic E-state index is -0.126. The number of hydrogen-bond acceptors (Lipinski definition) is 6. The Hall–Kier alpha value is -1.51. The Bertz CT molecular complexity index is 746. The second-order valence-electron chi connectivity index (χ2n) is 6.43. The third-order valence-corrected chi connectivity index (χ3v) is 4.90. The largest absolute Gasteiger partial charge is 0.378 e. The maximum Gasteiger partial charge on any atom is 0.216 e. The summed E-state index contributed by atoms with van der Waals surface area (Å²) in [5, 5.41) is 12.9. The van der Waals surface area contributed by atoms with E-state index in [-0.39, 0.29) is 5.41 Å². The van der Waals surface area contributed by atoms with E-state index in [1.165, 1.54) is 5.00 Å². The van der Waals surface area contributed by atoms with Gasteiger partial charge >= 0.3 is 0 Å². The second-order valence-corrected chi connectivity index (χ2v) is 7.91. The highest BCUT2D eigenvalue weighted by atomic mass is 32.1. The van der Waals surface area contributed by atoms with Crippen molar-refractivity contribution in [3.63, 3.8) is 0 Å². The number of aromatic nitrogens is 3. The number of anilines is 1. The minimum Gasteiger partial charge on any atom is -0.378 e. The van der Waals surface area contributed by atoms with Crippen molar-refractivity contribution in [2.75, 3.05) is 31.2 Å². The van der Waals surface area contributed by atoms with E-state index in [9.17, 15) is 0 Å². The SMILES string of the molecule is CC(C)(C)c1n[nH]c(=S)n1/N=C\c1ccc(N2CCOCC2)s1. The van der Waals surface area contributed by atoms with E-state index in [0.29, 0.717) is 4.77 Å². The summed E-state index contributed by atoms with van der Waals surface area (Å²) in [7, 11) is 0. The number of hydrogen-bond donors (Lipinski definition) is 1. The highest BCUT2D eigenvalue weighted by Crippen LogP contribution is 2.26. The molecule has 0 aliphatic carbocycles. The summed E-state index contributed by atoms with van der Waals surface area (Å²) in [6, 6.07) is 4.22. The van der Waals surface area contributed by atoms with Crippen molar-refractivity contribution in [1.29, 1.82) is 0 Å². The Balaban J connectivity index is 1.80. The van der Waals surface area contributed by atoms with Gasteiger partial charge in [-0.05, 0) is 24.4 Å². The minimum absolute atomic E-state index is 0.126. The average molecular weight is 352 g/mol. The van der Waals surface area contributed by atoms with Crippen molar-refractivity contribution in [2.24, 2.45) is 5.10 Å². The van der Waals surface area contributed by atoms with Crippen LogP contribution in [0.5, 0.6) is 0 Å². The van der Waals surface area contributed by atoms with E-state index in [1.807, 2.05) is 6.21 Å². The van der Waals surface area contributed by atoms with E-state index < -0.39 is 0 Å². The summed E-state index contributed by atoms with van der Waals surface area (Å²) >= 11 is 7.00. The van der Waals surface area contributed by atoms with Crippen LogP contribution in [0.15, 0.2) is 17.2 Å². The lowest BCUT2D eigenvalue weighted by atomic mass is 9.96. The van der Waals surface area contributed by atoms with Gasteiger partial charge in [0.15, 0.2) is 5.82 Å². The first-order valence-electron chi connectivity index (χ1n) is 7.60. The topological polar surface area (TPSA) is 58.4 Å². The van der Waals surface area contributed by atoms with Crippen LogP contribution in [0.1, 0.15) is 31.5 Å². The van der Waals surface area contributed by atoms with Crippen LogP contribution in [0, 0.1) is 4.77 Å². The van der Waals surface area contributed by atoms with Crippen molar-refractivity contribution in [1.82, 2.24) is 14.9 Å². The molecule has 1 aliphatic heterocycles. The lowest BCUT2D eigenvalue weighted by Gasteiger charge is -2.27. The molecule has 1 aliphatic rings. The number of nitrogens with zero attached hydrogens (tertiary/aromatic N) is 4. The van der Waals surface area contributed by atoms with Crippen molar-refractivity contribution in [3.8, 4) is 0 Å². The summed E-state index contributed by atoms with van der Waals surface area (Å²) in [4.78, 5) is 3.43. The summed E-state index contributed by atoms with van der Waals surface area (Å²) in [6.45, 7) is 9.74. The molecule has 8 heteroatoms. The van der Waals surface area contributed by atoms with Crippen molar-refractivity contribution >= 4 is 34.8 Å². The third kappa shape index (κ3) is 3.70. The van der Waals surface area contributed by atoms with Crippen LogP contribution in [-0.4, -0.2) is 47.4 Å². The predicted molar refractivity (Wildman–Crippen MR) is 96.5 cm³/mol. The van der Waals surface area contributed by atoms with Gasteiger partial charge in [-0.1, -0.05) is 20.8 Å². The maximum atomic E-state index is 5.39. The molecule has 2 aromatic heterocycles. The molecule has 124 valence electrons. The first-order chi connectivity index (χ1) is 10.9. The predicted octanol–water partition coefficient (Wildman–Crippen LogP) is 3.02. The molecule has 0 amide bonds. The standard InChI is InChI=1S/C15H21N5OS2/c1-15(2,3)13-17-18-14(22)20(13)16-10-11-4-5-12(23-11)19-6-8-21-9-7-19/h4-5,10H,6-9H2,1-3H3,(H,18,22)/b16-10-. The fourth-order valence-electron chi connectivity index (χ4n) is 2.36. The molecule has 0 radical (unpaired) electrons. The number of aromatic amines is 1. The fraction of sp³-hybridized carbons (Fsp3) is 0.533. The van der Waals surface area contributed by atoms with Crippen LogP contribution in [-0.2, 0) is 10.2 Å². The highest BCUT2D eigenvalue weighted by molar-refractivity contribution is 7.71. The molecule has 0 atom stereocenters. The second kappa shape index (κ2) is 6.54. The van der Waals surface area contributed by atoms with Crippen LogP contribution in [0.25, 0.3) is 0 Å². The molecule has 0 unspecified atom stereocenters. The molecule has 23 heavy (non-hydrogen) atoms. The molecular formula is C15H21N5OS2.